The summed E-state index contributed by atoms with van der Waals surface area (Å²) in [4.78, 5) is 7.91. The smallest absolute Gasteiger partial charge is 0.123 e. The van der Waals surface area contributed by atoms with Gasteiger partial charge in [-0.1, -0.05) is 0 Å². The summed E-state index contributed by atoms with van der Waals surface area (Å²) in [5.74, 6) is 1.12. The molecule has 2 heterocycles. The summed E-state index contributed by atoms with van der Waals surface area (Å²) < 4.78 is 0. The van der Waals surface area contributed by atoms with Crippen LogP contribution in [0, 0.1) is 13.8 Å². The Morgan fingerprint density at radius 3 is 2.64 bits per heavy atom. The molecule has 0 aliphatic carbocycles. The third kappa shape index (κ3) is 1.82. The summed E-state index contributed by atoms with van der Waals surface area (Å²) in [5.41, 5.74) is 2.32. The van der Waals surface area contributed by atoms with Gasteiger partial charge in [0.25, 0.3) is 0 Å². The lowest BCUT2D eigenvalue weighted by molar-refractivity contribution is 0.332. The van der Waals surface area contributed by atoms with Crippen LogP contribution in [0.25, 0.3) is 0 Å². The fraction of sp³-hybridized carbons (Fsp3) is 0.727. The highest BCUT2D eigenvalue weighted by atomic mass is 15.0. The van der Waals surface area contributed by atoms with Crippen LogP contribution in [0.3, 0.4) is 0 Å². The van der Waals surface area contributed by atoms with Crippen molar-refractivity contribution in [2.24, 2.45) is 0 Å². The second-order valence-electron chi connectivity index (χ2n) is 4.38. The molecule has 3 heteroatoms. The zero-order chi connectivity index (χ0) is 10.1. The Labute approximate surface area is 85.3 Å². The first-order valence-corrected chi connectivity index (χ1v) is 5.46. The van der Waals surface area contributed by atoms with Gasteiger partial charge in [0.15, 0.2) is 0 Å². The SMILES string of the molecule is Cc1nc(C2CCCC(C)N2)[nH]c1C. The third-order valence-corrected chi connectivity index (χ3v) is 3.09. The van der Waals surface area contributed by atoms with E-state index in [4.69, 9.17) is 0 Å². The van der Waals surface area contributed by atoms with Gasteiger partial charge in [-0.3, -0.25) is 0 Å². The van der Waals surface area contributed by atoms with E-state index < -0.39 is 0 Å². The maximum Gasteiger partial charge on any atom is 0.123 e. The molecule has 1 fully saturated rings. The fourth-order valence-corrected chi connectivity index (χ4v) is 2.09. The van der Waals surface area contributed by atoms with E-state index in [0.717, 1.165) is 11.5 Å². The summed E-state index contributed by atoms with van der Waals surface area (Å²) in [5, 5.41) is 3.58. The first kappa shape index (κ1) is 9.71. The maximum atomic E-state index is 4.55. The number of piperidine rings is 1. The van der Waals surface area contributed by atoms with E-state index in [9.17, 15) is 0 Å². The van der Waals surface area contributed by atoms with Crippen molar-refractivity contribution in [1.29, 1.82) is 0 Å². The number of aromatic nitrogens is 2. The van der Waals surface area contributed by atoms with Gasteiger partial charge >= 0.3 is 0 Å². The fourth-order valence-electron chi connectivity index (χ4n) is 2.09. The highest BCUT2D eigenvalue weighted by Crippen LogP contribution is 2.23. The normalized spacial score (nSPS) is 27.9. The van der Waals surface area contributed by atoms with Crippen LogP contribution in [0.2, 0.25) is 0 Å². The second-order valence-corrected chi connectivity index (χ2v) is 4.38. The minimum atomic E-state index is 0.436. The van der Waals surface area contributed by atoms with E-state index >= 15 is 0 Å². The molecule has 2 N–H and O–H groups in total. The number of hydrogen-bond donors (Lipinski definition) is 2. The van der Waals surface area contributed by atoms with Crippen LogP contribution < -0.4 is 5.32 Å². The van der Waals surface area contributed by atoms with Gasteiger partial charge in [-0.25, -0.2) is 4.98 Å². The average molecular weight is 193 g/mol. The van der Waals surface area contributed by atoms with Crippen LogP contribution in [-0.2, 0) is 0 Å². The van der Waals surface area contributed by atoms with Crippen LogP contribution in [0.1, 0.15) is 49.4 Å². The van der Waals surface area contributed by atoms with Gasteiger partial charge in [0.1, 0.15) is 5.82 Å². The van der Waals surface area contributed by atoms with Gasteiger partial charge in [0.2, 0.25) is 0 Å². The molecule has 0 bridgehead atoms. The molecule has 2 atom stereocenters. The van der Waals surface area contributed by atoms with Crippen LogP contribution in [0.5, 0.6) is 0 Å². The molecule has 1 aliphatic rings. The average Bonchev–Trinajstić information content (AvgIpc) is 2.47. The molecule has 3 nitrogen and oxygen atoms in total. The molecule has 1 aromatic heterocycles. The lowest BCUT2D eigenvalue weighted by Gasteiger charge is -2.27. The molecule has 1 aliphatic heterocycles. The standard InChI is InChI=1S/C11H19N3/c1-7-5-4-6-10(12-7)11-13-8(2)9(3)14-11/h7,10,12H,4-6H2,1-3H3,(H,13,14). The molecule has 2 rings (SSSR count). The number of nitrogens with zero attached hydrogens (tertiary/aromatic N) is 1. The van der Waals surface area contributed by atoms with E-state index in [1.165, 1.54) is 25.0 Å². The van der Waals surface area contributed by atoms with Crippen molar-refractivity contribution in [3.8, 4) is 0 Å². The van der Waals surface area contributed by atoms with Crippen LogP contribution in [0.4, 0.5) is 0 Å². The third-order valence-electron chi connectivity index (χ3n) is 3.09. The van der Waals surface area contributed by atoms with E-state index in [1.54, 1.807) is 0 Å². The number of imidazole rings is 1. The van der Waals surface area contributed by atoms with Gasteiger partial charge in [-0.2, -0.15) is 0 Å². The summed E-state index contributed by atoms with van der Waals surface area (Å²) in [6.45, 7) is 6.38. The molecule has 0 aromatic carbocycles. The van der Waals surface area contributed by atoms with Gasteiger partial charge in [-0.15, -0.1) is 0 Å². The van der Waals surface area contributed by atoms with Gasteiger partial charge in [0.05, 0.1) is 11.7 Å². The first-order chi connectivity index (χ1) is 6.66. The van der Waals surface area contributed by atoms with Gasteiger partial charge in [-0.05, 0) is 40.0 Å². The zero-order valence-electron chi connectivity index (χ0n) is 9.22. The number of hydrogen-bond acceptors (Lipinski definition) is 2. The molecule has 0 amide bonds. The van der Waals surface area contributed by atoms with E-state index in [-0.39, 0.29) is 0 Å². The Balaban J connectivity index is 2.14. The van der Waals surface area contributed by atoms with E-state index in [1.807, 2.05) is 0 Å². The van der Waals surface area contributed by atoms with Crippen molar-refractivity contribution in [3.63, 3.8) is 0 Å². The molecule has 2 unspecified atom stereocenters. The second kappa shape index (κ2) is 3.73. The quantitative estimate of drug-likeness (QED) is 0.718. The topological polar surface area (TPSA) is 40.7 Å². The molecule has 0 spiro atoms. The predicted octanol–water partition coefficient (Wildman–Crippen LogP) is 2.23. The molecular weight excluding hydrogens is 174 g/mol. The molecule has 1 aromatic rings. The van der Waals surface area contributed by atoms with Crippen LogP contribution >= 0.6 is 0 Å². The largest absolute Gasteiger partial charge is 0.345 e. The minimum absolute atomic E-state index is 0.436. The lowest BCUT2D eigenvalue weighted by Crippen LogP contribution is -2.35. The molecular formula is C11H19N3. The number of aromatic amines is 1. The van der Waals surface area contributed by atoms with Crippen molar-refractivity contribution in [2.45, 2.75) is 52.1 Å². The lowest BCUT2D eigenvalue weighted by atomic mass is 9.99. The zero-order valence-corrected chi connectivity index (χ0v) is 9.22. The molecule has 14 heavy (non-hydrogen) atoms. The molecule has 0 radical (unpaired) electrons. The Bertz CT molecular complexity index is 297. The predicted molar refractivity (Wildman–Crippen MR) is 57.3 cm³/mol. The van der Waals surface area contributed by atoms with E-state index in [2.05, 4.69) is 36.1 Å². The summed E-state index contributed by atoms with van der Waals surface area (Å²) >= 11 is 0. The minimum Gasteiger partial charge on any atom is -0.345 e. The summed E-state index contributed by atoms with van der Waals surface area (Å²) in [6, 6.07) is 1.06. The molecule has 0 saturated carbocycles. The molecule has 78 valence electrons. The number of H-pyrrole nitrogens is 1. The van der Waals surface area contributed by atoms with Gasteiger partial charge < -0.3 is 10.3 Å². The Morgan fingerprint density at radius 1 is 1.29 bits per heavy atom. The summed E-state index contributed by atoms with van der Waals surface area (Å²) in [7, 11) is 0. The number of rotatable bonds is 1. The highest BCUT2D eigenvalue weighted by Gasteiger charge is 2.21. The number of aryl methyl sites for hydroxylation is 2. The van der Waals surface area contributed by atoms with Crippen molar-refractivity contribution in [1.82, 2.24) is 15.3 Å². The number of nitrogens with one attached hydrogen (secondary N) is 2. The summed E-state index contributed by atoms with van der Waals surface area (Å²) in [6.07, 6.45) is 3.80. The van der Waals surface area contributed by atoms with Crippen molar-refractivity contribution < 1.29 is 0 Å². The van der Waals surface area contributed by atoms with Crippen LogP contribution in [0.15, 0.2) is 0 Å². The Kier molecular flexibility index (Phi) is 2.59. The maximum absolute atomic E-state index is 4.55. The van der Waals surface area contributed by atoms with Crippen molar-refractivity contribution >= 4 is 0 Å². The first-order valence-electron chi connectivity index (χ1n) is 5.46. The Morgan fingerprint density at radius 2 is 2.07 bits per heavy atom. The monoisotopic (exact) mass is 193 g/mol. The highest BCUT2D eigenvalue weighted by molar-refractivity contribution is 5.13. The van der Waals surface area contributed by atoms with Crippen molar-refractivity contribution in [2.75, 3.05) is 0 Å². The Hall–Kier alpha value is -0.830. The van der Waals surface area contributed by atoms with Crippen molar-refractivity contribution in [3.05, 3.63) is 17.2 Å². The van der Waals surface area contributed by atoms with Crippen LogP contribution in [-0.4, -0.2) is 16.0 Å². The van der Waals surface area contributed by atoms with Gasteiger partial charge in [0, 0.05) is 11.7 Å². The van der Waals surface area contributed by atoms with E-state index in [0.29, 0.717) is 12.1 Å². The molecule has 1 saturated heterocycles.